The van der Waals surface area contributed by atoms with E-state index < -0.39 is 7.26 Å². The van der Waals surface area contributed by atoms with E-state index in [1.807, 2.05) is 0 Å². The van der Waals surface area contributed by atoms with E-state index in [0.29, 0.717) is 0 Å². The molecule has 1 aromatic carbocycles. The van der Waals surface area contributed by atoms with Crippen molar-refractivity contribution in [1.82, 2.24) is 0 Å². The molecular formula is C24H43NOP+. The molecule has 2 nitrogen and oxygen atoms in total. The highest BCUT2D eigenvalue weighted by Crippen LogP contribution is 2.65. The molecule has 0 spiro atoms. The topological polar surface area (TPSA) is 29.1 Å². The summed E-state index contributed by atoms with van der Waals surface area (Å²) in [6, 6.07) is 6.26. The van der Waals surface area contributed by atoms with Gasteiger partial charge in [-0.15, -0.1) is 0 Å². The first-order valence-corrected chi connectivity index (χ1v) is 13.6. The molecule has 0 aliphatic carbocycles. The van der Waals surface area contributed by atoms with Gasteiger partial charge in [0.05, 0.1) is 18.5 Å². The fourth-order valence-electron chi connectivity index (χ4n) is 4.26. The lowest BCUT2D eigenvalue weighted by molar-refractivity contribution is -0.115. The van der Waals surface area contributed by atoms with E-state index in [-0.39, 0.29) is 11.6 Å². The average molecular weight is 393 g/mol. The second-order valence-electron chi connectivity index (χ2n) is 8.13. The fourth-order valence-corrected chi connectivity index (χ4v) is 10.0. The predicted molar refractivity (Wildman–Crippen MR) is 125 cm³/mol. The zero-order valence-electron chi connectivity index (χ0n) is 18.7. The smallest absolute Gasteiger partial charge is 0.265 e. The highest BCUT2D eigenvalue weighted by atomic mass is 31.2. The van der Waals surface area contributed by atoms with Crippen LogP contribution in [0.2, 0.25) is 0 Å². The molecule has 154 valence electrons. The summed E-state index contributed by atoms with van der Waals surface area (Å²) in [5.74, 6) is 0.284. The molecule has 1 N–H and O–H groups in total. The molecule has 0 heterocycles. The maximum atomic E-state index is 13.5. The molecule has 0 fully saturated rings. The van der Waals surface area contributed by atoms with Crippen LogP contribution in [0.25, 0.3) is 0 Å². The van der Waals surface area contributed by atoms with Crippen molar-refractivity contribution in [2.75, 3.05) is 23.8 Å². The largest absolute Gasteiger partial charge is 0.322 e. The van der Waals surface area contributed by atoms with E-state index >= 15 is 0 Å². The Bertz CT molecular complexity index is 527. The second-order valence-corrected chi connectivity index (χ2v) is 12.5. The Morgan fingerprint density at radius 3 is 1.70 bits per heavy atom. The lowest BCUT2D eigenvalue weighted by Crippen LogP contribution is -2.34. The van der Waals surface area contributed by atoms with Gasteiger partial charge in [-0.2, -0.15) is 0 Å². The minimum Gasteiger partial charge on any atom is -0.322 e. The first-order chi connectivity index (χ1) is 13.0. The van der Waals surface area contributed by atoms with Gasteiger partial charge in [0.2, 0.25) is 0 Å². The molecule has 1 atom stereocenters. The molecule has 27 heavy (non-hydrogen) atoms. The average Bonchev–Trinajstić information content (AvgIpc) is 2.66. The number of hydrogen-bond donors (Lipinski definition) is 1. The van der Waals surface area contributed by atoms with Gasteiger partial charge in [0.1, 0.15) is 5.66 Å². The Kier molecular flexibility index (Phi) is 11.2. The molecule has 0 bridgehead atoms. The first kappa shape index (κ1) is 24.2. The van der Waals surface area contributed by atoms with Gasteiger partial charge in [-0.25, -0.2) is 0 Å². The van der Waals surface area contributed by atoms with Crippen molar-refractivity contribution in [1.29, 1.82) is 0 Å². The van der Waals surface area contributed by atoms with Crippen LogP contribution in [0.3, 0.4) is 0 Å². The number of amides is 1. The molecule has 3 heteroatoms. The highest BCUT2D eigenvalue weighted by Gasteiger charge is 2.47. The Balaban J connectivity index is 3.17. The maximum absolute atomic E-state index is 13.5. The number of unbranched alkanes of at least 4 members (excludes halogenated alkanes) is 3. The Labute approximate surface area is 169 Å². The minimum absolute atomic E-state index is 0.209. The van der Waals surface area contributed by atoms with Crippen molar-refractivity contribution in [2.24, 2.45) is 0 Å². The SMILES string of the molecule is CCCC[P+](CCCC)(CCCC)C(CC)C(=O)Nc1c(C)cccc1C. The van der Waals surface area contributed by atoms with Crippen molar-refractivity contribution in [3.63, 3.8) is 0 Å². The molecule has 0 aromatic heterocycles. The molecule has 0 saturated carbocycles. The van der Waals surface area contributed by atoms with Crippen LogP contribution in [-0.4, -0.2) is 30.1 Å². The number of anilines is 1. The third-order valence-corrected chi connectivity index (χ3v) is 11.5. The Morgan fingerprint density at radius 2 is 1.33 bits per heavy atom. The van der Waals surface area contributed by atoms with Gasteiger partial charge in [-0.05, 0) is 50.7 Å². The summed E-state index contributed by atoms with van der Waals surface area (Å²) in [5.41, 5.74) is 3.57. The van der Waals surface area contributed by atoms with E-state index in [4.69, 9.17) is 0 Å². The molecule has 1 unspecified atom stereocenters. The monoisotopic (exact) mass is 392 g/mol. The molecule has 1 rings (SSSR count). The molecule has 0 aliphatic rings. The summed E-state index contributed by atoms with van der Waals surface area (Å²) in [7, 11) is -1.29. The normalized spacial score (nSPS) is 12.8. The summed E-state index contributed by atoms with van der Waals surface area (Å²) in [6.45, 7) is 13.3. The summed E-state index contributed by atoms with van der Waals surface area (Å²) < 4.78 is 0. The number of benzene rings is 1. The van der Waals surface area contributed by atoms with Gasteiger partial charge in [0.15, 0.2) is 0 Å². The number of carbonyl (C=O) groups is 1. The van der Waals surface area contributed by atoms with Crippen LogP contribution >= 0.6 is 7.26 Å². The van der Waals surface area contributed by atoms with E-state index in [9.17, 15) is 4.79 Å². The van der Waals surface area contributed by atoms with Gasteiger partial charge in [-0.3, -0.25) is 4.79 Å². The molecule has 1 amide bonds. The van der Waals surface area contributed by atoms with Gasteiger partial charge in [0.25, 0.3) is 5.91 Å². The third-order valence-electron chi connectivity index (χ3n) is 5.95. The zero-order chi connectivity index (χ0) is 20.3. The minimum atomic E-state index is -1.29. The lowest BCUT2D eigenvalue weighted by atomic mass is 10.1. The predicted octanol–water partition coefficient (Wildman–Crippen LogP) is 7.44. The summed E-state index contributed by atoms with van der Waals surface area (Å²) in [4.78, 5) is 13.5. The quantitative estimate of drug-likeness (QED) is 0.347. The van der Waals surface area contributed by atoms with Crippen molar-refractivity contribution in [3.05, 3.63) is 29.3 Å². The number of rotatable bonds is 13. The van der Waals surface area contributed by atoms with Crippen LogP contribution in [0.1, 0.15) is 83.8 Å². The van der Waals surface area contributed by atoms with Crippen molar-refractivity contribution in [2.45, 2.75) is 92.1 Å². The van der Waals surface area contributed by atoms with E-state index in [2.05, 4.69) is 65.1 Å². The highest BCUT2D eigenvalue weighted by molar-refractivity contribution is 7.77. The van der Waals surface area contributed by atoms with Crippen LogP contribution < -0.4 is 5.32 Å². The number of carbonyl (C=O) groups excluding carboxylic acids is 1. The maximum Gasteiger partial charge on any atom is 0.265 e. The van der Waals surface area contributed by atoms with Crippen LogP contribution in [-0.2, 0) is 4.79 Å². The van der Waals surface area contributed by atoms with Crippen molar-refractivity contribution >= 4 is 18.9 Å². The third kappa shape index (κ3) is 6.90. The van der Waals surface area contributed by atoms with E-state index in [1.165, 1.54) is 57.0 Å². The van der Waals surface area contributed by atoms with E-state index in [1.54, 1.807) is 0 Å². The van der Waals surface area contributed by atoms with Gasteiger partial charge in [0, 0.05) is 12.9 Å². The number of hydrogen-bond acceptors (Lipinski definition) is 1. The number of aryl methyl sites for hydroxylation is 2. The van der Waals surface area contributed by atoms with Gasteiger partial charge < -0.3 is 5.32 Å². The Morgan fingerprint density at radius 1 is 0.889 bits per heavy atom. The molecule has 0 aliphatic heterocycles. The fraction of sp³-hybridized carbons (Fsp3) is 0.708. The van der Waals surface area contributed by atoms with Crippen LogP contribution in [0.15, 0.2) is 18.2 Å². The van der Waals surface area contributed by atoms with Crippen molar-refractivity contribution < 1.29 is 4.79 Å². The lowest BCUT2D eigenvalue weighted by Gasteiger charge is -2.34. The van der Waals surface area contributed by atoms with E-state index in [0.717, 1.165) is 23.2 Å². The standard InChI is InChI=1S/C24H42NOP/c1-7-11-17-27(18-12-8-2,19-13-9-3)22(10-4)24(26)25-23-20(5)15-14-16-21(23)6/h14-16,22H,7-13,17-19H2,1-6H3/p+1. The molecule has 1 aromatic rings. The summed E-state index contributed by atoms with van der Waals surface area (Å²) in [5, 5.41) is 3.35. The van der Waals surface area contributed by atoms with Crippen molar-refractivity contribution in [3.8, 4) is 0 Å². The summed E-state index contributed by atoms with van der Waals surface area (Å²) >= 11 is 0. The zero-order valence-corrected chi connectivity index (χ0v) is 19.6. The van der Waals surface area contributed by atoms with Gasteiger partial charge >= 0.3 is 0 Å². The summed E-state index contributed by atoms with van der Waals surface area (Å²) in [6.07, 6.45) is 12.4. The van der Waals surface area contributed by atoms with Crippen LogP contribution in [0.5, 0.6) is 0 Å². The number of para-hydroxylation sites is 1. The van der Waals surface area contributed by atoms with Gasteiger partial charge in [-0.1, -0.05) is 65.2 Å². The van der Waals surface area contributed by atoms with Crippen LogP contribution in [0.4, 0.5) is 5.69 Å². The number of nitrogens with one attached hydrogen (secondary N) is 1. The first-order valence-electron chi connectivity index (χ1n) is 11.2. The molecule has 0 saturated heterocycles. The molecule has 0 radical (unpaired) electrons. The Hall–Kier alpha value is -0.880. The second kappa shape index (κ2) is 12.6. The van der Waals surface area contributed by atoms with Crippen LogP contribution in [0, 0.1) is 13.8 Å². The molecular weight excluding hydrogens is 349 g/mol.